The molecule has 24 heavy (non-hydrogen) atoms. The van der Waals surface area contributed by atoms with Gasteiger partial charge in [-0.2, -0.15) is 21.1 Å². The molecule has 2 unspecified atom stereocenters. The molecule has 2 atom stereocenters. The van der Waals surface area contributed by atoms with Crippen molar-refractivity contribution >= 4 is 21.8 Å². The second-order valence-electron chi connectivity index (χ2n) is 6.70. The Balaban J connectivity index is 1.87. The lowest BCUT2D eigenvalue weighted by atomic mass is 9.98. The molecule has 7 heteroatoms. The van der Waals surface area contributed by atoms with Crippen molar-refractivity contribution in [3.8, 4) is 0 Å². The van der Waals surface area contributed by atoms with Crippen LogP contribution in [0.4, 0.5) is 0 Å². The maximum Gasteiger partial charge on any atom is 0.221 e. The number of rotatable bonds is 4. The van der Waals surface area contributed by atoms with Gasteiger partial charge in [0.2, 0.25) is 10.0 Å². The molecule has 0 spiro atoms. The van der Waals surface area contributed by atoms with E-state index in [9.17, 15) is 8.42 Å². The van der Waals surface area contributed by atoms with E-state index in [0.29, 0.717) is 19.0 Å². The molecule has 0 saturated carbocycles. The van der Waals surface area contributed by atoms with Crippen LogP contribution in [0, 0.1) is 0 Å². The number of sulfonamides is 1. The normalized spacial score (nSPS) is 27.0. The highest BCUT2D eigenvalue weighted by atomic mass is 32.2. The number of hydrogen-bond donors (Lipinski definition) is 0. The largest absolute Gasteiger partial charge is 0.297 e. The molecule has 0 amide bonds. The van der Waals surface area contributed by atoms with Gasteiger partial charge >= 0.3 is 0 Å². The second kappa shape index (κ2) is 7.33. The summed E-state index contributed by atoms with van der Waals surface area (Å²) < 4.78 is 27.8. The first kappa shape index (κ1) is 18.2. The molecule has 0 aromatic heterocycles. The summed E-state index contributed by atoms with van der Waals surface area (Å²) in [4.78, 5) is 5.61. The van der Waals surface area contributed by atoms with E-state index in [0.717, 1.165) is 17.1 Å². The average Bonchev–Trinajstić information content (AvgIpc) is 2.98. The number of hydroxylamine groups is 2. The molecular weight excluding hydrogens is 344 g/mol. The predicted octanol–water partition coefficient (Wildman–Crippen LogP) is 2.48. The van der Waals surface area contributed by atoms with Crippen molar-refractivity contribution in [1.82, 2.24) is 9.37 Å². The summed E-state index contributed by atoms with van der Waals surface area (Å²) in [7, 11) is -1.54. The van der Waals surface area contributed by atoms with Crippen molar-refractivity contribution in [3.05, 3.63) is 35.4 Å². The smallest absolute Gasteiger partial charge is 0.221 e. The van der Waals surface area contributed by atoms with Crippen LogP contribution >= 0.6 is 11.8 Å². The first-order valence-electron chi connectivity index (χ1n) is 8.43. The number of thioether (sulfide) groups is 1. The van der Waals surface area contributed by atoms with Crippen LogP contribution in [0.15, 0.2) is 24.3 Å². The van der Waals surface area contributed by atoms with Gasteiger partial charge < -0.3 is 0 Å². The molecule has 2 fully saturated rings. The highest BCUT2D eigenvalue weighted by Gasteiger charge is 2.45. The fourth-order valence-corrected chi connectivity index (χ4v) is 6.44. The second-order valence-corrected chi connectivity index (χ2v) is 10.1. The van der Waals surface area contributed by atoms with Crippen molar-refractivity contribution < 1.29 is 13.3 Å². The van der Waals surface area contributed by atoms with Crippen LogP contribution in [0.5, 0.6) is 0 Å². The van der Waals surface area contributed by atoms with E-state index in [1.165, 1.54) is 5.56 Å². The van der Waals surface area contributed by atoms with Gasteiger partial charge in [-0.3, -0.25) is 4.84 Å². The van der Waals surface area contributed by atoms with Crippen LogP contribution in [0.2, 0.25) is 0 Å². The van der Waals surface area contributed by atoms with Crippen LogP contribution < -0.4 is 0 Å². The van der Waals surface area contributed by atoms with Crippen LogP contribution in [0.1, 0.15) is 36.9 Å². The lowest BCUT2D eigenvalue weighted by Crippen LogP contribution is -2.45. The third-order valence-corrected chi connectivity index (χ3v) is 8.03. The first-order valence-corrected chi connectivity index (χ1v) is 11.1. The maximum absolute atomic E-state index is 13.1. The molecule has 1 aromatic carbocycles. The van der Waals surface area contributed by atoms with E-state index < -0.39 is 15.3 Å². The summed E-state index contributed by atoms with van der Waals surface area (Å²) in [6.45, 7) is 5.74. The minimum absolute atomic E-state index is 0.221. The van der Waals surface area contributed by atoms with E-state index in [2.05, 4.69) is 26.0 Å². The molecule has 2 aliphatic heterocycles. The van der Waals surface area contributed by atoms with Gasteiger partial charge in [0.1, 0.15) is 5.25 Å². The van der Waals surface area contributed by atoms with E-state index >= 15 is 0 Å². The standard InChI is InChI=1S/C17H26N2O3S2/c1-13(2)14-4-6-15(7-5-14)17-16(12-22-18(17)3)24(20,21)19-8-10-23-11-9-19/h4-7,13,16-17H,8-12H2,1-3H3. The number of nitrogens with zero attached hydrogens (tertiary/aromatic N) is 2. The zero-order valence-corrected chi connectivity index (χ0v) is 16.1. The predicted molar refractivity (Wildman–Crippen MR) is 98.6 cm³/mol. The fourth-order valence-electron chi connectivity index (χ4n) is 3.34. The molecule has 0 N–H and O–H groups in total. The van der Waals surface area contributed by atoms with E-state index in [-0.39, 0.29) is 12.6 Å². The Hall–Kier alpha value is -0.600. The molecule has 0 aliphatic carbocycles. The SMILES string of the molecule is CC(C)c1ccc(C2C(S(=O)(=O)N3CCSCC3)CON2C)cc1. The van der Waals surface area contributed by atoms with Crippen molar-refractivity contribution in [2.75, 3.05) is 38.2 Å². The van der Waals surface area contributed by atoms with Gasteiger partial charge in [-0.1, -0.05) is 38.1 Å². The first-order chi connectivity index (χ1) is 11.4. The third-order valence-electron chi connectivity index (χ3n) is 4.84. The third kappa shape index (κ3) is 3.51. The Morgan fingerprint density at radius 1 is 1.17 bits per heavy atom. The highest BCUT2D eigenvalue weighted by molar-refractivity contribution is 7.99. The summed E-state index contributed by atoms with van der Waals surface area (Å²) >= 11 is 1.81. The molecule has 0 radical (unpaired) electrons. The van der Waals surface area contributed by atoms with Crippen LogP contribution in [-0.4, -0.2) is 61.3 Å². The molecule has 1 aromatic rings. The van der Waals surface area contributed by atoms with Crippen molar-refractivity contribution in [2.24, 2.45) is 0 Å². The topological polar surface area (TPSA) is 49.9 Å². The number of hydrogen-bond acceptors (Lipinski definition) is 5. The van der Waals surface area contributed by atoms with E-state index in [4.69, 9.17) is 4.84 Å². The van der Waals surface area contributed by atoms with Gasteiger partial charge in [0.25, 0.3) is 0 Å². The fraction of sp³-hybridized carbons (Fsp3) is 0.647. The summed E-state index contributed by atoms with van der Waals surface area (Å²) in [6.07, 6.45) is 0. The molecule has 2 aliphatic rings. The Morgan fingerprint density at radius 3 is 2.38 bits per heavy atom. The lowest BCUT2D eigenvalue weighted by molar-refractivity contribution is -0.110. The van der Waals surface area contributed by atoms with Crippen LogP contribution in [-0.2, 0) is 14.9 Å². The molecule has 3 rings (SSSR count). The molecule has 2 saturated heterocycles. The zero-order valence-electron chi connectivity index (χ0n) is 14.5. The van der Waals surface area contributed by atoms with Gasteiger partial charge in [-0.25, -0.2) is 8.42 Å². The van der Waals surface area contributed by atoms with Gasteiger partial charge in [-0.05, 0) is 17.0 Å². The summed E-state index contributed by atoms with van der Waals surface area (Å²) in [6, 6.07) is 8.01. The average molecular weight is 371 g/mol. The quantitative estimate of drug-likeness (QED) is 0.815. The lowest BCUT2D eigenvalue weighted by Gasteiger charge is -2.31. The van der Waals surface area contributed by atoms with Gasteiger partial charge in [0, 0.05) is 31.6 Å². The summed E-state index contributed by atoms with van der Waals surface area (Å²) in [5.41, 5.74) is 2.26. The minimum Gasteiger partial charge on any atom is -0.297 e. The van der Waals surface area contributed by atoms with Gasteiger partial charge in [0.05, 0.1) is 12.6 Å². The van der Waals surface area contributed by atoms with Gasteiger partial charge in [0.15, 0.2) is 0 Å². The maximum atomic E-state index is 13.1. The molecule has 0 bridgehead atoms. The molecule has 5 nitrogen and oxygen atoms in total. The van der Waals surface area contributed by atoms with Crippen molar-refractivity contribution in [3.63, 3.8) is 0 Å². The van der Waals surface area contributed by atoms with Crippen molar-refractivity contribution in [1.29, 1.82) is 0 Å². The Bertz CT molecular complexity index is 655. The van der Waals surface area contributed by atoms with E-state index in [1.54, 1.807) is 9.37 Å². The van der Waals surface area contributed by atoms with E-state index in [1.807, 2.05) is 30.9 Å². The van der Waals surface area contributed by atoms with Crippen LogP contribution in [0.3, 0.4) is 0 Å². The zero-order chi connectivity index (χ0) is 17.3. The Morgan fingerprint density at radius 2 is 1.79 bits per heavy atom. The van der Waals surface area contributed by atoms with Crippen LogP contribution in [0.25, 0.3) is 0 Å². The molecule has 2 heterocycles. The number of benzene rings is 1. The molecular formula is C17H26N2O3S2. The minimum atomic E-state index is -3.37. The monoisotopic (exact) mass is 370 g/mol. The van der Waals surface area contributed by atoms with Crippen molar-refractivity contribution in [2.45, 2.75) is 31.1 Å². The summed E-state index contributed by atoms with van der Waals surface area (Å²) in [5, 5.41) is 1.15. The van der Waals surface area contributed by atoms with Gasteiger partial charge in [-0.15, -0.1) is 0 Å². The molecule has 134 valence electrons. The Labute approximate surface area is 149 Å². The highest BCUT2D eigenvalue weighted by Crippen LogP contribution is 2.36. The summed E-state index contributed by atoms with van der Waals surface area (Å²) in [5.74, 6) is 2.20. The Kier molecular flexibility index (Phi) is 5.56.